The minimum Gasteiger partial charge on any atom is -0.322 e. The largest absolute Gasteiger partial charge is 0.322 e. The summed E-state index contributed by atoms with van der Waals surface area (Å²) in [7, 11) is -3.63. The second-order valence-electron chi connectivity index (χ2n) is 7.61. The highest BCUT2D eigenvalue weighted by Crippen LogP contribution is 2.33. The summed E-state index contributed by atoms with van der Waals surface area (Å²) in [6.45, 7) is 4.40. The van der Waals surface area contributed by atoms with Gasteiger partial charge in [-0.25, -0.2) is 8.42 Å². The first-order valence-corrected chi connectivity index (χ1v) is 11.4. The number of fused-ring (bicyclic) bond motifs is 1. The van der Waals surface area contributed by atoms with Crippen molar-refractivity contribution in [3.05, 3.63) is 89.0 Å². The molecule has 0 aromatic heterocycles. The monoisotopic (exact) mass is 420 g/mol. The van der Waals surface area contributed by atoms with E-state index in [1.807, 2.05) is 32.0 Å². The van der Waals surface area contributed by atoms with Crippen LogP contribution in [0.2, 0.25) is 0 Å². The van der Waals surface area contributed by atoms with Crippen LogP contribution >= 0.6 is 0 Å². The molecule has 5 nitrogen and oxygen atoms in total. The Morgan fingerprint density at radius 3 is 2.47 bits per heavy atom. The average molecular weight is 421 g/mol. The zero-order valence-corrected chi connectivity index (χ0v) is 17.9. The molecule has 3 aromatic carbocycles. The number of anilines is 2. The van der Waals surface area contributed by atoms with Crippen molar-refractivity contribution in [2.75, 3.05) is 16.2 Å². The standard InChI is InChI=1S/C24H24N2O3S/c1-17-10-12-22(18(2)15-17)25-24(27)20-11-13-23-19(16-20)7-6-14-26(23)30(28,29)21-8-4-3-5-9-21/h3-5,8-13,15-16H,6-7,14H2,1-2H3,(H,25,27). The van der Waals surface area contributed by atoms with E-state index in [9.17, 15) is 13.2 Å². The summed E-state index contributed by atoms with van der Waals surface area (Å²) in [5.41, 5.74) is 4.95. The number of rotatable bonds is 4. The van der Waals surface area contributed by atoms with Crippen LogP contribution in [0.15, 0.2) is 71.6 Å². The number of amides is 1. The molecule has 4 rings (SSSR count). The maximum atomic E-state index is 13.1. The van der Waals surface area contributed by atoms with Gasteiger partial charge in [0.25, 0.3) is 15.9 Å². The number of benzene rings is 3. The summed E-state index contributed by atoms with van der Waals surface area (Å²) >= 11 is 0. The Bertz CT molecular complexity index is 1200. The minimum atomic E-state index is -3.63. The van der Waals surface area contributed by atoms with Crippen molar-refractivity contribution >= 4 is 27.3 Å². The van der Waals surface area contributed by atoms with Crippen molar-refractivity contribution in [3.8, 4) is 0 Å². The van der Waals surface area contributed by atoms with Gasteiger partial charge in [0.05, 0.1) is 10.6 Å². The number of sulfonamides is 1. The number of hydrogen-bond acceptors (Lipinski definition) is 3. The third kappa shape index (κ3) is 3.83. The quantitative estimate of drug-likeness (QED) is 0.665. The summed E-state index contributed by atoms with van der Waals surface area (Å²) < 4.78 is 27.7. The second-order valence-corrected chi connectivity index (χ2v) is 9.47. The fourth-order valence-corrected chi connectivity index (χ4v) is 5.38. The maximum absolute atomic E-state index is 13.1. The van der Waals surface area contributed by atoms with E-state index in [4.69, 9.17) is 0 Å². The zero-order chi connectivity index (χ0) is 21.3. The SMILES string of the molecule is Cc1ccc(NC(=O)c2ccc3c(c2)CCCN3S(=O)(=O)c2ccccc2)c(C)c1. The maximum Gasteiger partial charge on any atom is 0.264 e. The molecule has 3 aromatic rings. The number of nitrogens with zero attached hydrogens (tertiary/aromatic N) is 1. The predicted molar refractivity (Wildman–Crippen MR) is 120 cm³/mol. The number of aryl methyl sites for hydroxylation is 3. The normalized spacial score (nSPS) is 13.6. The molecular weight excluding hydrogens is 396 g/mol. The number of carbonyl (C=O) groups is 1. The Morgan fingerprint density at radius 2 is 1.73 bits per heavy atom. The van der Waals surface area contributed by atoms with Crippen molar-refractivity contribution < 1.29 is 13.2 Å². The summed E-state index contributed by atoms with van der Waals surface area (Å²) in [6, 6.07) is 19.6. The number of hydrogen-bond donors (Lipinski definition) is 1. The van der Waals surface area contributed by atoms with E-state index in [-0.39, 0.29) is 10.8 Å². The average Bonchev–Trinajstić information content (AvgIpc) is 2.75. The fraction of sp³-hybridized carbons (Fsp3) is 0.208. The van der Waals surface area contributed by atoms with Crippen LogP contribution in [0.1, 0.15) is 33.5 Å². The summed E-state index contributed by atoms with van der Waals surface area (Å²) in [6.07, 6.45) is 1.45. The van der Waals surface area contributed by atoms with Gasteiger partial charge in [0.1, 0.15) is 0 Å². The van der Waals surface area contributed by atoms with Crippen LogP contribution in [0.3, 0.4) is 0 Å². The van der Waals surface area contributed by atoms with E-state index >= 15 is 0 Å². The molecular formula is C24H24N2O3S. The van der Waals surface area contributed by atoms with E-state index in [1.165, 1.54) is 4.31 Å². The third-order valence-electron chi connectivity index (χ3n) is 5.38. The molecule has 1 aliphatic heterocycles. The molecule has 0 aliphatic carbocycles. The first-order chi connectivity index (χ1) is 14.4. The highest BCUT2D eigenvalue weighted by atomic mass is 32.2. The van der Waals surface area contributed by atoms with Gasteiger partial charge in [-0.1, -0.05) is 35.9 Å². The Labute approximate surface area is 177 Å². The molecule has 6 heteroatoms. The molecule has 1 aliphatic rings. The lowest BCUT2D eigenvalue weighted by Crippen LogP contribution is -2.35. The van der Waals surface area contributed by atoms with Crippen molar-refractivity contribution in [1.29, 1.82) is 0 Å². The predicted octanol–water partition coefficient (Wildman–Crippen LogP) is 4.70. The second kappa shape index (κ2) is 7.95. The van der Waals surface area contributed by atoms with Gasteiger partial charge in [-0.3, -0.25) is 9.10 Å². The first-order valence-electron chi connectivity index (χ1n) is 9.95. The Morgan fingerprint density at radius 1 is 0.967 bits per heavy atom. The van der Waals surface area contributed by atoms with Gasteiger partial charge in [0.15, 0.2) is 0 Å². The van der Waals surface area contributed by atoms with Crippen LogP contribution in [0.5, 0.6) is 0 Å². The van der Waals surface area contributed by atoms with Crippen LogP contribution in [0.4, 0.5) is 11.4 Å². The molecule has 0 radical (unpaired) electrons. The van der Waals surface area contributed by atoms with Crippen molar-refractivity contribution in [2.45, 2.75) is 31.6 Å². The number of carbonyl (C=O) groups excluding carboxylic acids is 1. The lowest BCUT2D eigenvalue weighted by Gasteiger charge is -2.30. The fourth-order valence-electron chi connectivity index (χ4n) is 3.82. The topological polar surface area (TPSA) is 66.5 Å². The molecule has 30 heavy (non-hydrogen) atoms. The first kappa shape index (κ1) is 20.2. The molecule has 1 heterocycles. The third-order valence-corrected chi connectivity index (χ3v) is 7.21. The van der Waals surface area contributed by atoms with Gasteiger partial charge in [-0.05, 0) is 74.2 Å². The minimum absolute atomic E-state index is 0.201. The van der Waals surface area contributed by atoms with Gasteiger partial charge in [-0.15, -0.1) is 0 Å². The molecule has 0 saturated carbocycles. The van der Waals surface area contributed by atoms with E-state index in [0.717, 1.165) is 28.8 Å². The lowest BCUT2D eigenvalue weighted by atomic mass is 10.0. The molecule has 0 unspecified atom stereocenters. The highest BCUT2D eigenvalue weighted by molar-refractivity contribution is 7.92. The Kier molecular flexibility index (Phi) is 5.35. The van der Waals surface area contributed by atoms with Gasteiger partial charge in [-0.2, -0.15) is 0 Å². The van der Waals surface area contributed by atoms with E-state index in [2.05, 4.69) is 5.32 Å². The summed E-state index contributed by atoms with van der Waals surface area (Å²) in [4.78, 5) is 13.1. The van der Waals surface area contributed by atoms with Crippen LogP contribution in [0.25, 0.3) is 0 Å². The van der Waals surface area contributed by atoms with Crippen molar-refractivity contribution in [3.63, 3.8) is 0 Å². The molecule has 1 amide bonds. The van der Waals surface area contributed by atoms with E-state index in [0.29, 0.717) is 24.2 Å². The van der Waals surface area contributed by atoms with Crippen LogP contribution in [0, 0.1) is 13.8 Å². The van der Waals surface area contributed by atoms with Crippen molar-refractivity contribution in [1.82, 2.24) is 0 Å². The molecule has 0 fully saturated rings. The van der Waals surface area contributed by atoms with Crippen LogP contribution < -0.4 is 9.62 Å². The molecule has 0 saturated heterocycles. The van der Waals surface area contributed by atoms with Crippen LogP contribution in [-0.2, 0) is 16.4 Å². The lowest BCUT2D eigenvalue weighted by molar-refractivity contribution is 0.102. The van der Waals surface area contributed by atoms with Gasteiger partial charge in [0.2, 0.25) is 0 Å². The molecule has 154 valence electrons. The van der Waals surface area contributed by atoms with Gasteiger partial charge < -0.3 is 5.32 Å². The Balaban J connectivity index is 1.63. The summed E-state index contributed by atoms with van der Waals surface area (Å²) in [5.74, 6) is -0.201. The van der Waals surface area contributed by atoms with Crippen molar-refractivity contribution in [2.24, 2.45) is 0 Å². The smallest absolute Gasteiger partial charge is 0.264 e. The van der Waals surface area contributed by atoms with Gasteiger partial charge >= 0.3 is 0 Å². The molecule has 0 atom stereocenters. The highest BCUT2D eigenvalue weighted by Gasteiger charge is 2.29. The zero-order valence-electron chi connectivity index (χ0n) is 17.1. The Hall–Kier alpha value is -3.12. The molecule has 0 spiro atoms. The van der Waals surface area contributed by atoms with Crippen LogP contribution in [-0.4, -0.2) is 20.9 Å². The van der Waals surface area contributed by atoms with E-state index in [1.54, 1.807) is 48.5 Å². The van der Waals surface area contributed by atoms with E-state index < -0.39 is 10.0 Å². The number of nitrogens with one attached hydrogen (secondary N) is 1. The summed E-state index contributed by atoms with van der Waals surface area (Å²) in [5, 5.41) is 2.96. The molecule has 0 bridgehead atoms. The van der Waals surface area contributed by atoms with Gasteiger partial charge in [0, 0.05) is 17.8 Å². The molecule has 1 N–H and O–H groups in total.